The molecule has 1 atom stereocenters. The van der Waals surface area contributed by atoms with Gasteiger partial charge in [-0.2, -0.15) is 0 Å². The third-order valence-corrected chi connectivity index (χ3v) is 2.77. The molecule has 0 aliphatic rings. The Morgan fingerprint density at radius 1 is 1.33 bits per heavy atom. The van der Waals surface area contributed by atoms with Crippen LogP contribution in [0.2, 0.25) is 0 Å². The van der Waals surface area contributed by atoms with Gasteiger partial charge in [0.25, 0.3) is 0 Å². The van der Waals surface area contributed by atoms with Crippen LogP contribution < -0.4 is 0 Å². The lowest BCUT2D eigenvalue weighted by Gasteiger charge is -2.11. The zero-order valence-corrected chi connectivity index (χ0v) is 9.28. The maximum Gasteiger partial charge on any atom is 0.0499 e. The molecule has 12 heavy (non-hydrogen) atoms. The number of aliphatic hydroxyl groups is 1. The summed E-state index contributed by atoms with van der Waals surface area (Å²) < 4.78 is 1.24. The van der Waals surface area contributed by atoms with Crippen molar-refractivity contribution < 1.29 is 5.11 Å². The molecular weight excluding hydrogens is 263 g/mol. The Morgan fingerprint density at radius 3 is 2.33 bits per heavy atom. The van der Waals surface area contributed by atoms with Crippen LogP contribution in [0.25, 0.3) is 0 Å². The second kappa shape index (κ2) is 4.82. The molecule has 0 aliphatic heterocycles. The van der Waals surface area contributed by atoms with Gasteiger partial charge in [0.1, 0.15) is 0 Å². The largest absolute Gasteiger partial charge is 0.396 e. The van der Waals surface area contributed by atoms with Gasteiger partial charge >= 0.3 is 0 Å². The molecule has 0 saturated heterocycles. The first kappa shape index (κ1) is 9.99. The SMILES string of the molecule is CCC(CO)c1ccc(I)cc1. The molecule has 0 spiro atoms. The summed E-state index contributed by atoms with van der Waals surface area (Å²) in [5, 5.41) is 9.05. The Hall–Kier alpha value is -0.0900. The van der Waals surface area contributed by atoms with Crippen molar-refractivity contribution in [2.45, 2.75) is 19.3 Å². The van der Waals surface area contributed by atoms with Crippen LogP contribution in [-0.4, -0.2) is 11.7 Å². The van der Waals surface area contributed by atoms with Crippen molar-refractivity contribution >= 4 is 22.6 Å². The first-order valence-corrected chi connectivity index (χ1v) is 5.22. The number of benzene rings is 1. The Labute approximate surface area is 86.9 Å². The molecule has 0 heterocycles. The Morgan fingerprint density at radius 2 is 1.92 bits per heavy atom. The quantitative estimate of drug-likeness (QED) is 0.842. The summed E-state index contributed by atoms with van der Waals surface area (Å²) in [5.41, 5.74) is 1.24. The topological polar surface area (TPSA) is 20.2 Å². The molecule has 1 nitrogen and oxygen atoms in total. The van der Waals surface area contributed by atoms with Crippen molar-refractivity contribution in [3.05, 3.63) is 33.4 Å². The highest BCUT2D eigenvalue weighted by Gasteiger charge is 2.06. The summed E-state index contributed by atoms with van der Waals surface area (Å²) in [6.45, 7) is 2.34. The van der Waals surface area contributed by atoms with Gasteiger partial charge < -0.3 is 5.11 Å². The molecule has 0 fully saturated rings. The van der Waals surface area contributed by atoms with E-state index in [2.05, 4.69) is 53.8 Å². The maximum absolute atomic E-state index is 9.05. The fourth-order valence-electron chi connectivity index (χ4n) is 1.21. The second-order valence-corrected chi connectivity index (χ2v) is 4.08. The van der Waals surface area contributed by atoms with E-state index in [0.29, 0.717) is 5.92 Å². The van der Waals surface area contributed by atoms with E-state index in [0.717, 1.165) is 6.42 Å². The number of hydrogen-bond acceptors (Lipinski definition) is 1. The van der Waals surface area contributed by atoms with Crippen molar-refractivity contribution in [3.8, 4) is 0 Å². The van der Waals surface area contributed by atoms with Gasteiger partial charge in [0.2, 0.25) is 0 Å². The van der Waals surface area contributed by atoms with Gasteiger partial charge in [0.05, 0.1) is 0 Å². The molecule has 1 aromatic rings. The monoisotopic (exact) mass is 276 g/mol. The Balaban J connectivity index is 2.80. The summed E-state index contributed by atoms with van der Waals surface area (Å²) in [4.78, 5) is 0. The first-order valence-electron chi connectivity index (χ1n) is 4.14. The highest BCUT2D eigenvalue weighted by atomic mass is 127. The van der Waals surface area contributed by atoms with E-state index >= 15 is 0 Å². The van der Waals surface area contributed by atoms with Crippen LogP contribution in [0, 0.1) is 3.57 Å². The van der Waals surface area contributed by atoms with Crippen LogP contribution in [0.5, 0.6) is 0 Å². The van der Waals surface area contributed by atoms with E-state index in [1.165, 1.54) is 9.13 Å². The van der Waals surface area contributed by atoms with Gasteiger partial charge in [-0.05, 0) is 46.7 Å². The molecule has 1 N–H and O–H groups in total. The average Bonchev–Trinajstić information content (AvgIpc) is 2.10. The zero-order chi connectivity index (χ0) is 8.97. The molecule has 0 radical (unpaired) electrons. The predicted octanol–water partition coefficient (Wildman–Crippen LogP) is 2.78. The van der Waals surface area contributed by atoms with Crippen molar-refractivity contribution in [3.63, 3.8) is 0 Å². The molecule has 1 unspecified atom stereocenters. The smallest absolute Gasteiger partial charge is 0.0499 e. The Bertz CT molecular complexity index is 226. The average molecular weight is 276 g/mol. The van der Waals surface area contributed by atoms with Crippen LogP contribution >= 0.6 is 22.6 Å². The van der Waals surface area contributed by atoms with Gasteiger partial charge in [-0.25, -0.2) is 0 Å². The highest BCUT2D eigenvalue weighted by Crippen LogP contribution is 2.19. The van der Waals surface area contributed by atoms with Crippen LogP contribution in [0.15, 0.2) is 24.3 Å². The number of hydrogen-bond donors (Lipinski definition) is 1. The molecule has 2 heteroatoms. The standard InChI is InChI=1S/C10H13IO/c1-2-8(7-12)9-3-5-10(11)6-4-9/h3-6,8,12H,2,7H2,1H3. The van der Waals surface area contributed by atoms with Crippen molar-refractivity contribution in [1.29, 1.82) is 0 Å². The van der Waals surface area contributed by atoms with E-state index in [4.69, 9.17) is 5.11 Å². The van der Waals surface area contributed by atoms with Gasteiger partial charge in [0.15, 0.2) is 0 Å². The van der Waals surface area contributed by atoms with E-state index in [1.54, 1.807) is 0 Å². The first-order chi connectivity index (χ1) is 5.77. The molecule has 66 valence electrons. The fourth-order valence-corrected chi connectivity index (χ4v) is 1.56. The van der Waals surface area contributed by atoms with Gasteiger partial charge in [-0.15, -0.1) is 0 Å². The van der Waals surface area contributed by atoms with E-state index in [1.807, 2.05) is 0 Å². The summed E-state index contributed by atoms with van der Waals surface area (Å²) in [6.07, 6.45) is 0.997. The minimum Gasteiger partial charge on any atom is -0.396 e. The van der Waals surface area contributed by atoms with E-state index < -0.39 is 0 Å². The van der Waals surface area contributed by atoms with Gasteiger partial charge in [0, 0.05) is 16.1 Å². The van der Waals surface area contributed by atoms with E-state index in [-0.39, 0.29) is 6.61 Å². The number of halogens is 1. The third kappa shape index (κ3) is 2.45. The van der Waals surface area contributed by atoms with Crippen molar-refractivity contribution in [1.82, 2.24) is 0 Å². The zero-order valence-electron chi connectivity index (χ0n) is 7.13. The number of aliphatic hydroxyl groups excluding tert-OH is 1. The van der Waals surface area contributed by atoms with Gasteiger partial charge in [-0.1, -0.05) is 19.1 Å². The lowest BCUT2D eigenvalue weighted by Crippen LogP contribution is -2.01. The molecule has 0 bridgehead atoms. The lowest BCUT2D eigenvalue weighted by molar-refractivity contribution is 0.262. The summed E-state index contributed by atoms with van der Waals surface area (Å²) in [5.74, 6) is 0.307. The normalized spacial score (nSPS) is 12.9. The Kier molecular flexibility index (Phi) is 4.01. The van der Waals surface area contributed by atoms with Crippen LogP contribution in [0.3, 0.4) is 0 Å². The summed E-state index contributed by atoms with van der Waals surface area (Å²) in [6, 6.07) is 8.33. The minimum absolute atomic E-state index is 0.247. The summed E-state index contributed by atoms with van der Waals surface area (Å²) in [7, 11) is 0. The minimum atomic E-state index is 0.247. The molecule has 0 aliphatic carbocycles. The molecule has 0 amide bonds. The van der Waals surface area contributed by atoms with Crippen LogP contribution in [-0.2, 0) is 0 Å². The van der Waals surface area contributed by atoms with Crippen LogP contribution in [0.4, 0.5) is 0 Å². The predicted molar refractivity (Wildman–Crippen MR) is 59.3 cm³/mol. The fraction of sp³-hybridized carbons (Fsp3) is 0.400. The molecule has 0 saturated carbocycles. The molecule has 0 aromatic heterocycles. The van der Waals surface area contributed by atoms with Crippen LogP contribution in [0.1, 0.15) is 24.8 Å². The number of rotatable bonds is 3. The maximum atomic E-state index is 9.05. The van der Waals surface area contributed by atoms with Crippen molar-refractivity contribution in [2.75, 3.05) is 6.61 Å². The molecule has 1 aromatic carbocycles. The highest BCUT2D eigenvalue weighted by molar-refractivity contribution is 14.1. The third-order valence-electron chi connectivity index (χ3n) is 2.05. The van der Waals surface area contributed by atoms with Crippen molar-refractivity contribution in [2.24, 2.45) is 0 Å². The second-order valence-electron chi connectivity index (χ2n) is 2.84. The summed E-state index contributed by atoms with van der Waals surface area (Å²) >= 11 is 2.28. The van der Waals surface area contributed by atoms with Gasteiger partial charge in [-0.3, -0.25) is 0 Å². The van der Waals surface area contributed by atoms with E-state index in [9.17, 15) is 0 Å². The molecule has 1 rings (SSSR count). The lowest BCUT2D eigenvalue weighted by atomic mass is 9.98. The molecular formula is C10H13IO.